The highest BCUT2D eigenvalue weighted by Gasteiger charge is 2.44. The molecule has 5 atom stereocenters. The summed E-state index contributed by atoms with van der Waals surface area (Å²) in [7, 11) is -1.32. The van der Waals surface area contributed by atoms with Crippen molar-refractivity contribution in [1.29, 1.82) is 0 Å². The van der Waals surface area contributed by atoms with E-state index in [0.29, 0.717) is 19.6 Å². The van der Waals surface area contributed by atoms with E-state index in [4.69, 9.17) is 29.7 Å². The van der Waals surface area contributed by atoms with Gasteiger partial charge in [-0.1, -0.05) is 0 Å². The Balaban J connectivity index is 2.58. The summed E-state index contributed by atoms with van der Waals surface area (Å²) in [5, 5.41) is 9.10. The lowest BCUT2D eigenvalue weighted by Gasteiger charge is -2.22. The minimum atomic E-state index is -3.09. The lowest BCUT2D eigenvalue weighted by Crippen LogP contribution is -2.38. The van der Waals surface area contributed by atoms with Gasteiger partial charge in [0.05, 0.1) is 12.6 Å². The molecule has 1 saturated heterocycles. The van der Waals surface area contributed by atoms with Crippen molar-refractivity contribution in [2.75, 3.05) is 19.8 Å². The summed E-state index contributed by atoms with van der Waals surface area (Å²) in [5.74, 6) is 0. The molecule has 0 radical (unpaired) electrons. The summed E-state index contributed by atoms with van der Waals surface area (Å²) in [6.07, 6.45) is -1.12. The van der Waals surface area contributed by atoms with Gasteiger partial charge in [0.1, 0.15) is 26.2 Å². The second-order valence-electron chi connectivity index (χ2n) is 3.89. The standard InChI is InChI=1S/C8H19BNO6P/c9-8-7(14-3-1-2-10)6(16-17(12)13)5(4-11)15-8/h5-8,11,17H,1-4,9-10H2,(H,12,13). The van der Waals surface area contributed by atoms with Gasteiger partial charge in [-0.15, -0.1) is 0 Å². The molecular formula is C8H19BNO6P. The van der Waals surface area contributed by atoms with Gasteiger partial charge in [-0.3, -0.25) is 4.57 Å². The summed E-state index contributed by atoms with van der Waals surface area (Å²) in [6, 6.07) is -0.295. The van der Waals surface area contributed by atoms with Crippen molar-refractivity contribution in [2.45, 2.75) is 30.7 Å². The van der Waals surface area contributed by atoms with Gasteiger partial charge in [0, 0.05) is 6.61 Å². The number of ether oxygens (including phenoxy) is 2. The van der Waals surface area contributed by atoms with Crippen LogP contribution in [0.1, 0.15) is 6.42 Å². The number of nitrogens with two attached hydrogens (primary N) is 1. The van der Waals surface area contributed by atoms with Crippen LogP contribution in [-0.4, -0.2) is 61.9 Å². The molecule has 0 bridgehead atoms. The van der Waals surface area contributed by atoms with E-state index in [0.717, 1.165) is 0 Å². The Hall–Kier alpha value is 0.0549. The number of hydrogen-bond donors (Lipinski definition) is 3. The van der Waals surface area contributed by atoms with Crippen LogP contribution in [0.25, 0.3) is 0 Å². The molecule has 1 aliphatic rings. The molecular weight excluding hydrogens is 248 g/mol. The molecule has 0 aliphatic carbocycles. The highest BCUT2D eigenvalue weighted by atomic mass is 31.1. The zero-order valence-electron chi connectivity index (χ0n) is 9.74. The molecule has 1 fully saturated rings. The lowest BCUT2D eigenvalue weighted by atomic mass is 9.93. The van der Waals surface area contributed by atoms with Crippen molar-refractivity contribution >= 4 is 16.1 Å². The van der Waals surface area contributed by atoms with Gasteiger partial charge in [-0.2, -0.15) is 0 Å². The predicted octanol–water partition coefficient (Wildman–Crippen LogP) is -2.16. The van der Waals surface area contributed by atoms with Crippen LogP contribution in [0.4, 0.5) is 0 Å². The van der Waals surface area contributed by atoms with E-state index in [2.05, 4.69) is 0 Å². The monoisotopic (exact) mass is 267 g/mol. The third kappa shape index (κ3) is 4.33. The molecule has 0 spiro atoms. The molecule has 1 heterocycles. The molecule has 100 valence electrons. The number of hydrogen-bond acceptors (Lipinski definition) is 6. The third-order valence-corrected chi connectivity index (χ3v) is 3.09. The summed E-state index contributed by atoms with van der Waals surface area (Å²) in [6.45, 7) is 0.660. The molecule has 0 amide bonds. The van der Waals surface area contributed by atoms with Crippen LogP contribution in [0.15, 0.2) is 0 Å². The Bertz CT molecular complexity index is 258. The van der Waals surface area contributed by atoms with Crippen LogP contribution in [0.5, 0.6) is 0 Å². The largest absolute Gasteiger partial charge is 0.394 e. The van der Waals surface area contributed by atoms with Crippen LogP contribution in [0.2, 0.25) is 0 Å². The van der Waals surface area contributed by atoms with Crippen molar-refractivity contribution in [2.24, 2.45) is 5.73 Å². The van der Waals surface area contributed by atoms with E-state index < -0.39 is 26.6 Å². The van der Waals surface area contributed by atoms with E-state index in [9.17, 15) is 4.57 Å². The lowest BCUT2D eigenvalue weighted by molar-refractivity contribution is -0.0167. The minimum Gasteiger partial charge on any atom is -0.394 e. The van der Waals surface area contributed by atoms with Crippen molar-refractivity contribution in [3.05, 3.63) is 0 Å². The average Bonchev–Trinajstić information content (AvgIpc) is 2.56. The van der Waals surface area contributed by atoms with E-state index >= 15 is 0 Å². The maximum absolute atomic E-state index is 10.7. The van der Waals surface area contributed by atoms with E-state index in [1.54, 1.807) is 7.85 Å². The zero-order chi connectivity index (χ0) is 12.8. The SMILES string of the molecule is BC1OC(CO)C(O[PH](=O)O)C1OCCCN. The van der Waals surface area contributed by atoms with Crippen molar-refractivity contribution in [1.82, 2.24) is 0 Å². The summed E-state index contributed by atoms with van der Waals surface area (Å²) < 4.78 is 26.6. The predicted molar refractivity (Wildman–Crippen MR) is 63.8 cm³/mol. The molecule has 4 N–H and O–H groups in total. The minimum absolute atomic E-state index is 0.277. The highest BCUT2D eigenvalue weighted by molar-refractivity contribution is 7.32. The number of rotatable bonds is 7. The second-order valence-corrected chi connectivity index (χ2v) is 4.66. The summed E-state index contributed by atoms with van der Waals surface area (Å²) >= 11 is 0. The zero-order valence-corrected chi connectivity index (χ0v) is 10.7. The maximum Gasteiger partial charge on any atom is 0.317 e. The first kappa shape index (κ1) is 15.1. The van der Waals surface area contributed by atoms with E-state index in [1.165, 1.54) is 0 Å². The highest BCUT2D eigenvalue weighted by Crippen LogP contribution is 2.31. The molecule has 1 aliphatic heterocycles. The van der Waals surface area contributed by atoms with Gasteiger partial charge in [-0.25, -0.2) is 0 Å². The third-order valence-electron chi connectivity index (χ3n) is 2.62. The maximum atomic E-state index is 10.7. The van der Waals surface area contributed by atoms with Crippen LogP contribution in [-0.2, 0) is 18.6 Å². The van der Waals surface area contributed by atoms with Crippen LogP contribution >= 0.6 is 8.25 Å². The van der Waals surface area contributed by atoms with Crippen molar-refractivity contribution in [3.8, 4) is 0 Å². The fraction of sp³-hybridized carbons (Fsp3) is 1.00. The molecule has 17 heavy (non-hydrogen) atoms. The first-order valence-electron chi connectivity index (χ1n) is 5.57. The molecule has 0 aromatic rings. The van der Waals surface area contributed by atoms with Gasteiger partial charge in [-0.05, 0) is 13.0 Å². The van der Waals surface area contributed by atoms with Gasteiger partial charge >= 0.3 is 8.25 Å². The van der Waals surface area contributed by atoms with Crippen molar-refractivity contribution < 1.29 is 28.6 Å². The molecule has 0 saturated carbocycles. The first-order valence-corrected chi connectivity index (χ1v) is 6.84. The smallest absolute Gasteiger partial charge is 0.317 e. The van der Waals surface area contributed by atoms with Gasteiger partial charge in [0.2, 0.25) is 0 Å². The molecule has 0 aromatic heterocycles. The molecule has 0 aromatic carbocycles. The van der Waals surface area contributed by atoms with Gasteiger partial charge in [0.15, 0.2) is 0 Å². The Morgan fingerprint density at radius 1 is 1.47 bits per heavy atom. The molecule has 7 nitrogen and oxygen atoms in total. The van der Waals surface area contributed by atoms with Crippen LogP contribution in [0, 0.1) is 0 Å². The van der Waals surface area contributed by atoms with E-state index in [1.807, 2.05) is 0 Å². The van der Waals surface area contributed by atoms with Gasteiger partial charge in [0.25, 0.3) is 0 Å². The number of aliphatic hydroxyl groups is 1. The molecule has 5 unspecified atom stereocenters. The second kappa shape index (κ2) is 7.48. The van der Waals surface area contributed by atoms with Gasteiger partial charge < -0.3 is 29.7 Å². The fourth-order valence-electron chi connectivity index (χ4n) is 1.85. The quantitative estimate of drug-likeness (QED) is 0.273. The Morgan fingerprint density at radius 2 is 2.18 bits per heavy atom. The first-order chi connectivity index (χ1) is 8.10. The average molecular weight is 267 g/mol. The fourth-order valence-corrected chi connectivity index (χ4v) is 2.37. The van der Waals surface area contributed by atoms with E-state index in [-0.39, 0.29) is 12.6 Å². The Kier molecular flexibility index (Phi) is 6.65. The molecule has 1 rings (SSSR count). The van der Waals surface area contributed by atoms with Crippen molar-refractivity contribution in [3.63, 3.8) is 0 Å². The normalized spacial score (nSPS) is 35.0. The number of aliphatic hydroxyl groups excluding tert-OH is 1. The summed E-state index contributed by atoms with van der Waals surface area (Å²) in [5.41, 5.74) is 5.35. The Morgan fingerprint density at radius 3 is 2.71 bits per heavy atom. The van der Waals surface area contributed by atoms with Crippen LogP contribution < -0.4 is 5.73 Å². The summed E-state index contributed by atoms with van der Waals surface area (Å²) in [4.78, 5) is 8.81. The molecule has 9 heteroatoms. The van der Waals surface area contributed by atoms with Crippen LogP contribution in [0.3, 0.4) is 0 Å². The Labute approximate surface area is 102 Å². The topological polar surface area (TPSA) is 111 Å².